The first kappa shape index (κ1) is 25.2. The second kappa shape index (κ2) is 12.5. The van der Waals surface area contributed by atoms with Crippen LogP contribution in [0.2, 0.25) is 0 Å². The molecule has 2 N–H and O–H groups in total. The van der Waals surface area contributed by atoms with Gasteiger partial charge in [-0.2, -0.15) is 0 Å². The topological polar surface area (TPSA) is 63.2 Å². The molecule has 0 bridgehead atoms. The average Bonchev–Trinajstić information content (AvgIpc) is 2.60. The molecule has 0 aliphatic rings. The van der Waals surface area contributed by atoms with Crippen LogP contribution in [-0.4, -0.2) is 30.0 Å². The van der Waals surface area contributed by atoms with Crippen LogP contribution in [0.1, 0.15) is 40.9 Å². The van der Waals surface area contributed by atoms with E-state index in [1.54, 1.807) is 12.4 Å². The van der Waals surface area contributed by atoms with E-state index in [2.05, 4.69) is 29.5 Å². The van der Waals surface area contributed by atoms with Crippen LogP contribution in [0, 0.1) is 13.8 Å². The van der Waals surface area contributed by atoms with E-state index in [4.69, 9.17) is 4.74 Å². The predicted octanol–water partition coefficient (Wildman–Crippen LogP) is 3.85. The number of carbonyl (C=O) groups excluding carboxylic acids is 1. The Bertz CT molecular complexity index is 689. The Hall–Kier alpha value is -1.82. The van der Waals surface area contributed by atoms with Gasteiger partial charge in [0, 0.05) is 36.1 Å². The fourth-order valence-corrected chi connectivity index (χ4v) is 2.72. The van der Waals surface area contributed by atoms with E-state index in [9.17, 15) is 4.79 Å². The number of nitrogens with one attached hydrogen (secondary N) is 2. The van der Waals surface area contributed by atoms with Crippen molar-refractivity contribution in [1.82, 2.24) is 15.6 Å². The molecule has 0 aliphatic carbocycles. The third-order valence-corrected chi connectivity index (χ3v) is 3.95. The minimum atomic E-state index is -0.0604. The molecule has 27 heavy (non-hydrogen) atoms. The second-order valence-corrected chi connectivity index (χ2v) is 6.26. The fourth-order valence-electron chi connectivity index (χ4n) is 2.72. The summed E-state index contributed by atoms with van der Waals surface area (Å²) in [5.41, 5.74) is 3.58. The van der Waals surface area contributed by atoms with Crippen molar-refractivity contribution < 1.29 is 9.53 Å². The fraction of sp³-hybridized carbons (Fsp3) is 0.400. The van der Waals surface area contributed by atoms with Crippen molar-refractivity contribution >= 4 is 30.7 Å². The first-order valence-electron chi connectivity index (χ1n) is 8.65. The van der Waals surface area contributed by atoms with Crippen LogP contribution in [0.3, 0.4) is 0 Å². The molecule has 1 amide bonds. The Kier molecular flexibility index (Phi) is 11.7. The summed E-state index contributed by atoms with van der Waals surface area (Å²) >= 11 is 0. The van der Waals surface area contributed by atoms with Crippen LogP contribution in [0.15, 0.2) is 36.7 Å². The van der Waals surface area contributed by atoms with Gasteiger partial charge in [-0.1, -0.05) is 13.0 Å². The third kappa shape index (κ3) is 7.75. The number of pyridine rings is 1. The van der Waals surface area contributed by atoms with Crippen LogP contribution in [0.5, 0.6) is 5.75 Å². The van der Waals surface area contributed by atoms with Gasteiger partial charge < -0.3 is 15.4 Å². The number of hydrogen-bond donors (Lipinski definition) is 2. The van der Waals surface area contributed by atoms with Crippen molar-refractivity contribution in [2.75, 3.05) is 13.1 Å². The lowest BCUT2D eigenvalue weighted by atomic mass is 10.0. The molecule has 0 saturated heterocycles. The maximum Gasteiger partial charge on any atom is 0.251 e. The monoisotopic (exact) mass is 413 g/mol. The van der Waals surface area contributed by atoms with Crippen molar-refractivity contribution in [3.63, 3.8) is 0 Å². The van der Waals surface area contributed by atoms with Gasteiger partial charge >= 0.3 is 0 Å². The summed E-state index contributed by atoms with van der Waals surface area (Å²) in [6, 6.07) is 7.86. The molecule has 1 atom stereocenters. The number of hydrogen-bond acceptors (Lipinski definition) is 4. The maximum atomic E-state index is 12.4. The molecule has 1 aromatic carbocycles. The van der Waals surface area contributed by atoms with Crippen molar-refractivity contribution in [1.29, 1.82) is 0 Å². The highest BCUT2D eigenvalue weighted by molar-refractivity contribution is 5.94. The molecule has 0 saturated carbocycles. The van der Waals surface area contributed by atoms with Gasteiger partial charge in [0.1, 0.15) is 12.4 Å². The molecule has 5 nitrogen and oxygen atoms in total. The van der Waals surface area contributed by atoms with Crippen LogP contribution >= 0.6 is 24.8 Å². The van der Waals surface area contributed by atoms with Crippen molar-refractivity contribution in [3.05, 3.63) is 58.9 Å². The van der Waals surface area contributed by atoms with Crippen molar-refractivity contribution in [2.45, 2.75) is 40.3 Å². The summed E-state index contributed by atoms with van der Waals surface area (Å²) in [5.74, 6) is 0.760. The molecule has 0 fully saturated rings. The lowest BCUT2D eigenvalue weighted by Crippen LogP contribution is -2.38. The highest BCUT2D eigenvalue weighted by Crippen LogP contribution is 2.25. The first-order valence-corrected chi connectivity index (χ1v) is 8.65. The summed E-state index contributed by atoms with van der Waals surface area (Å²) < 4.78 is 5.94. The average molecular weight is 414 g/mol. The normalized spacial score (nSPS) is 11.0. The highest BCUT2D eigenvalue weighted by atomic mass is 35.5. The molecule has 0 spiro atoms. The number of nitrogens with zero attached hydrogens (tertiary/aromatic N) is 1. The number of halogens is 2. The van der Waals surface area contributed by atoms with E-state index >= 15 is 0 Å². The summed E-state index contributed by atoms with van der Waals surface area (Å²) in [6.45, 7) is 9.97. The van der Waals surface area contributed by atoms with E-state index in [1.165, 1.54) is 0 Å². The summed E-state index contributed by atoms with van der Waals surface area (Å²) in [6.07, 6.45) is 3.53. The Labute approximate surface area is 174 Å². The smallest absolute Gasteiger partial charge is 0.251 e. The molecule has 150 valence electrons. The predicted molar refractivity (Wildman–Crippen MR) is 114 cm³/mol. The first-order chi connectivity index (χ1) is 12.0. The second-order valence-electron chi connectivity index (χ2n) is 6.26. The zero-order valence-electron chi connectivity index (χ0n) is 16.2. The van der Waals surface area contributed by atoms with E-state index in [0.29, 0.717) is 18.7 Å². The number of aromatic nitrogens is 1. The van der Waals surface area contributed by atoms with Crippen LogP contribution in [0.25, 0.3) is 0 Å². The number of aryl methyl sites for hydroxylation is 2. The Balaban J connectivity index is 0.00000338. The lowest BCUT2D eigenvalue weighted by molar-refractivity contribution is 0.0950. The molecule has 2 aromatic rings. The SMILES string of the molecule is CCN[C@H](C)CNC(=O)c1cc(C)c(OCc2cccnc2)c(C)c1.Cl.Cl. The number of likely N-dealkylation sites (N-methyl/N-ethyl adjacent to an activating group) is 1. The zero-order chi connectivity index (χ0) is 18.2. The largest absolute Gasteiger partial charge is 0.488 e. The molecule has 0 unspecified atom stereocenters. The minimum absolute atomic E-state index is 0. The lowest BCUT2D eigenvalue weighted by Gasteiger charge is -2.16. The van der Waals surface area contributed by atoms with Crippen LogP contribution in [-0.2, 0) is 6.61 Å². The molecule has 7 heteroatoms. The van der Waals surface area contributed by atoms with Crippen LogP contribution < -0.4 is 15.4 Å². The number of carbonyl (C=O) groups is 1. The van der Waals surface area contributed by atoms with Gasteiger partial charge in [0.05, 0.1) is 0 Å². The molecular formula is C20H29Cl2N3O2. The third-order valence-electron chi connectivity index (χ3n) is 3.95. The van der Waals surface area contributed by atoms with Gasteiger partial charge in [0.25, 0.3) is 5.91 Å². The molecule has 0 aliphatic heterocycles. The van der Waals surface area contributed by atoms with Gasteiger partial charge in [-0.3, -0.25) is 9.78 Å². The molecular weight excluding hydrogens is 385 g/mol. The van der Waals surface area contributed by atoms with Gasteiger partial charge in [0.2, 0.25) is 0 Å². The van der Waals surface area contributed by atoms with Gasteiger partial charge in [-0.25, -0.2) is 0 Å². The molecule has 1 heterocycles. The molecule has 2 rings (SSSR count). The number of rotatable bonds is 8. The van der Waals surface area contributed by atoms with Gasteiger partial charge in [0.15, 0.2) is 0 Å². The number of ether oxygens (including phenoxy) is 1. The van der Waals surface area contributed by atoms with E-state index < -0.39 is 0 Å². The van der Waals surface area contributed by atoms with E-state index in [0.717, 1.165) is 29.0 Å². The molecule has 0 radical (unpaired) electrons. The van der Waals surface area contributed by atoms with Crippen molar-refractivity contribution in [3.8, 4) is 5.75 Å². The number of benzene rings is 1. The summed E-state index contributed by atoms with van der Waals surface area (Å²) in [7, 11) is 0. The zero-order valence-corrected chi connectivity index (χ0v) is 17.9. The number of amides is 1. The molecule has 1 aromatic heterocycles. The Morgan fingerprint density at radius 2 is 1.89 bits per heavy atom. The Morgan fingerprint density at radius 1 is 1.22 bits per heavy atom. The van der Waals surface area contributed by atoms with E-state index in [-0.39, 0.29) is 36.8 Å². The standard InChI is InChI=1S/C20H27N3O2.2ClH/c1-5-22-16(4)11-23-20(24)18-9-14(2)19(15(3)10-18)25-13-17-7-6-8-21-12-17;;/h6-10,12,16,22H,5,11,13H2,1-4H3,(H,23,24);2*1H/t16-;;/m1../s1. The summed E-state index contributed by atoms with van der Waals surface area (Å²) in [4.78, 5) is 16.4. The van der Waals surface area contributed by atoms with Gasteiger partial charge in [-0.05, 0) is 56.6 Å². The van der Waals surface area contributed by atoms with E-state index in [1.807, 2.05) is 38.1 Å². The Morgan fingerprint density at radius 3 is 2.44 bits per heavy atom. The quantitative estimate of drug-likeness (QED) is 0.689. The highest BCUT2D eigenvalue weighted by Gasteiger charge is 2.12. The minimum Gasteiger partial charge on any atom is -0.488 e. The van der Waals surface area contributed by atoms with Gasteiger partial charge in [-0.15, -0.1) is 24.8 Å². The van der Waals surface area contributed by atoms with Crippen molar-refractivity contribution in [2.24, 2.45) is 0 Å². The maximum absolute atomic E-state index is 12.4. The van der Waals surface area contributed by atoms with Crippen LogP contribution in [0.4, 0.5) is 0 Å². The summed E-state index contributed by atoms with van der Waals surface area (Å²) in [5, 5.41) is 6.24.